The number of aliphatic hydroxyl groups is 5. The van der Waals surface area contributed by atoms with Crippen molar-refractivity contribution in [2.75, 3.05) is 91.1 Å². The summed E-state index contributed by atoms with van der Waals surface area (Å²) in [5.74, 6) is -0.190. The minimum absolute atomic E-state index is 0.0359. The van der Waals surface area contributed by atoms with E-state index in [0.717, 1.165) is 60.1 Å². The van der Waals surface area contributed by atoms with Crippen LogP contribution >= 0.6 is 0 Å². The van der Waals surface area contributed by atoms with E-state index >= 15 is 0 Å². The number of carbonyl (C=O) groups excluding carboxylic acids is 10. The summed E-state index contributed by atoms with van der Waals surface area (Å²) < 4.78 is 33.8. The van der Waals surface area contributed by atoms with Crippen molar-refractivity contribution in [1.29, 1.82) is 0 Å². The summed E-state index contributed by atoms with van der Waals surface area (Å²) in [6.07, 6.45) is 4.67. The second-order valence-electron chi connectivity index (χ2n) is 32.8. The van der Waals surface area contributed by atoms with Gasteiger partial charge in [-0.25, -0.2) is 0 Å². The molecule has 636 valence electrons. The number of hydrazone groups is 1. The molecule has 3 saturated carbocycles. The molecule has 0 radical (unpaired) electrons. The fourth-order valence-corrected chi connectivity index (χ4v) is 18.0. The highest BCUT2D eigenvalue weighted by Gasteiger charge is 2.59. The maximum Gasteiger partial charge on any atom is 0.253 e. The standard InChI is InChI=1S/C82H121N11O22/c1-48(2)67(75(107)85-49(3)72(104)88-58(45-94)74(106)86-52-22-18-50-20-24-61-79(4,54(50)43-52)29-13-31-81(61,6)77(108)91-78(109)82(7)32-14-30-80(5)55-44-53(96)23-19-51(55)21-25-62(80)82)90-73(105)57(87-63(97)28-35-110-37-39-112-41-42-113-40-38-111-36-34-93-65(99)26-27-66(93)100)16-11-12-33-84-64(98)47-114-59-17-10-8-9-15-56(68(59)92-83)89-76-71(103)70(102)69(101)60(46-95)115-76/h18-19,22-23,26-27,43-44,48-49,57-62,67,69-71,76,94-96,101-103H,8-17,20-21,24-25,28-42,45-47,83H2,1-7H3,(H,84,98)(H,85,107)(H,86,106)(H,87,97)(H,88,104)(H,90,105)(H,91,108,109)/t49-,57+,58-,59?,60+,61+,62+,67-,69-,70-,71+,76+,79+,80+,81-,82-/m0/s1. The highest BCUT2D eigenvalue weighted by Crippen LogP contribution is 2.60. The summed E-state index contributed by atoms with van der Waals surface area (Å²) in [4.78, 5) is 142. The van der Waals surface area contributed by atoms with E-state index in [2.05, 4.69) is 61.2 Å². The Morgan fingerprint density at radius 2 is 1.23 bits per heavy atom. The number of carbonyl (C=O) groups is 10. The van der Waals surface area contributed by atoms with Gasteiger partial charge in [-0.15, -0.1) is 0 Å². The molecule has 9 rings (SSSR count). The number of aryl methyl sites for hydroxylation is 2. The number of hydrogen-bond donors (Lipinski definition) is 14. The third kappa shape index (κ3) is 22.5. The fraction of sp³-hybridized carbons (Fsp3) is 0.683. The molecule has 4 fully saturated rings. The average Bonchev–Trinajstić information content (AvgIpc) is 0.941. The summed E-state index contributed by atoms with van der Waals surface area (Å²) in [6.45, 7) is 12.7. The number of benzene rings is 2. The maximum absolute atomic E-state index is 14.9. The molecule has 10 amide bonds. The van der Waals surface area contributed by atoms with Crippen LogP contribution in [0.2, 0.25) is 0 Å². The minimum Gasteiger partial charge on any atom is -0.508 e. The molecule has 33 heteroatoms. The number of nitrogens with one attached hydrogen (secondary N) is 7. The Labute approximate surface area is 671 Å². The quantitative estimate of drug-likeness (QED) is 0.0197. The van der Waals surface area contributed by atoms with Gasteiger partial charge in [-0.1, -0.05) is 79.4 Å². The number of rotatable bonds is 38. The second kappa shape index (κ2) is 41.8. The Hall–Kier alpha value is -8.22. The number of phenols is 1. The van der Waals surface area contributed by atoms with Crippen LogP contribution in [-0.4, -0.2) is 253 Å². The van der Waals surface area contributed by atoms with Crippen LogP contribution in [-0.2, 0) is 100 Å². The number of hydrogen-bond acceptors (Lipinski definition) is 25. The van der Waals surface area contributed by atoms with Gasteiger partial charge in [-0.2, -0.15) is 5.10 Å². The van der Waals surface area contributed by atoms with E-state index in [1.165, 1.54) is 24.6 Å². The zero-order valence-electron chi connectivity index (χ0n) is 67.4. The molecular weight excluding hydrogens is 1490 g/mol. The first-order valence-electron chi connectivity index (χ1n) is 40.7. The van der Waals surface area contributed by atoms with Gasteiger partial charge in [0.25, 0.3) is 11.8 Å². The summed E-state index contributed by atoms with van der Waals surface area (Å²) in [5.41, 5.74) is 2.52. The van der Waals surface area contributed by atoms with Crippen molar-refractivity contribution >= 4 is 76.2 Å². The molecule has 33 nitrogen and oxygen atoms in total. The Balaban J connectivity index is 0.760. The SMILES string of the molecule is CC(C)[C@H](NC(=O)[C@@H](CCCCNC(=O)COC1CCCCCC(=N[C@@H]2O[C@H](CO)[C@H](O)[C@H](O)[C@H]2O)C1=NN)NC(=O)CCOCCOCCOCCOCCN1C(=O)C=CC1=O)C(=O)N[C@@H](C)C(=O)N[C@@H](CO)C(=O)Nc1ccc2c(c1)[C@@]1(C)CCC[C@](C)(C(=O)NC(=O)[C@@]3(C)CCC[C@]4(C)c5cc(O)ccc5CC[C@@H]34)[C@@H]1CC2. The number of unbranched alkanes of at least 4 members (excludes halogenated alkanes) is 1. The molecule has 115 heavy (non-hydrogen) atoms. The van der Waals surface area contributed by atoms with Gasteiger partial charge in [0.15, 0.2) is 6.23 Å². The first-order chi connectivity index (χ1) is 54.9. The summed E-state index contributed by atoms with van der Waals surface area (Å²) >= 11 is 0. The first kappa shape index (κ1) is 90.7. The smallest absolute Gasteiger partial charge is 0.253 e. The molecule has 0 aromatic heterocycles. The lowest BCUT2D eigenvalue weighted by Gasteiger charge is -2.56. The molecule has 2 aliphatic heterocycles. The summed E-state index contributed by atoms with van der Waals surface area (Å²) in [7, 11) is 0. The Bertz CT molecular complexity index is 3840. The predicted molar refractivity (Wildman–Crippen MR) is 420 cm³/mol. The molecule has 2 aromatic carbocycles. The number of nitrogens with zero attached hydrogens (tertiary/aromatic N) is 3. The largest absolute Gasteiger partial charge is 0.508 e. The van der Waals surface area contributed by atoms with E-state index in [0.29, 0.717) is 75.6 Å². The Morgan fingerprint density at radius 1 is 0.626 bits per heavy atom. The third-order valence-corrected chi connectivity index (χ3v) is 24.6. The lowest BCUT2D eigenvalue weighted by Crippen LogP contribution is -2.60. The van der Waals surface area contributed by atoms with E-state index in [1.807, 2.05) is 38.1 Å². The Morgan fingerprint density at radius 3 is 1.83 bits per heavy atom. The van der Waals surface area contributed by atoms with Crippen molar-refractivity contribution in [3.63, 3.8) is 0 Å². The number of amides is 10. The molecule has 1 saturated heterocycles. The molecule has 2 heterocycles. The number of imide groups is 2. The van der Waals surface area contributed by atoms with Crippen molar-refractivity contribution in [2.24, 2.45) is 44.5 Å². The van der Waals surface area contributed by atoms with Gasteiger partial charge in [0.2, 0.25) is 47.3 Å². The molecule has 0 bridgehead atoms. The van der Waals surface area contributed by atoms with E-state index in [9.17, 15) is 78.6 Å². The molecule has 15 N–H and O–H groups in total. The molecule has 0 spiro atoms. The van der Waals surface area contributed by atoms with Crippen molar-refractivity contribution in [3.8, 4) is 5.75 Å². The van der Waals surface area contributed by atoms with Crippen LogP contribution < -0.4 is 43.1 Å². The molecule has 16 atom stereocenters. The molecule has 5 aliphatic carbocycles. The van der Waals surface area contributed by atoms with E-state index in [-0.39, 0.29) is 138 Å². The first-order valence-corrected chi connectivity index (χ1v) is 40.7. The van der Waals surface area contributed by atoms with Gasteiger partial charge in [0.05, 0.1) is 89.2 Å². The third-order valence-electron chi connectivity index (χ3n) is 24.6. The average molecular weight is 1610 g/mol. The molecular formula is C82H121N11O22. The van der Waals surface area contributed by atoms with Gasteiger partial charge in [-0.05, 0) is 172 Å². The van der Waals surface area contributed by atoms with Gasteiger partial charge in [0, 0.05) is 30.8 Å². The summed E-state index contributed by atoms with van der Waals surface area (Å²) in [5, 5.41) is 85.5. The molecule has 2 aromatic rings. The zero-order chi connectivity index (χ0) is 83.4. The van der Waals surface area contributed by atoms with Crippen LogP contribution in [0.15, 0.2) is 58.6 Å². The van der Waals surface area contributed by atoms with Crippen LogP contribution in [0.25, 0.3) is 0 Å². The number of aliphatic hydroxyl groups excluding tert-OH is 5. The number of anilines is 1. The van der Waals surface area contributed by atoms with Crippen LogP contribution in [0, 0.1) is 28.6 Å². The van der Waals surface area contributed by atoms with Crippen molar-refractivity contribution in [2.45, 2.75) is 242 Å². The lowest BCUT2D eigenvalue weighted by molar-refractivity contribution is -0.226. The van der Waals surface area contributed by atoms with Crippen molar-refractivity contribution < 1.29 is 107 Å². The zero-order valence-corrected chi connectivity index (χ0v) is 67.4. The number of ether oxygens (including phenoxy) is 6. The summed E-state index contributed by atoms with van der Waals surface area (Å²) in [6, 6.07) is 5.85. The second-order valence-corrected chi connectivity index (χ2v) is 32.8. The highest BCUT2D eigenvalue weighted by molar-refractivity contribution is 6.44. The number of nitrogens with two attached hydrogens (primary N) is 1. The van der Waals surface area contributed by atoms with Gasteiger partial charge in [0.1, 0.15) is 72.8 Å². The van der Waals surface area contributed by atoms with E-state index in [1.54, 1.807) is 26.0 Å². The minimum atomic E-state index is -1.66. The van der Waals surface area contributed by atoms with Crippen LogP contribution in [0.1, 0.15) is 180 Å². The highest BCUT2D eigenvalue weighted by atomic mass is 16.6. The van der Waals surface area contributed by atoms with Crippen LogP contribution in [0.3, 0.4) is 0 Å². The van der Waals surface area contributed by atoms with E-state index < -0.39 is 138 Å². The lowest BCUT2D eigenvalue weighted by atomic mass is 9.49. The van der Waals surface area contributed by atoms with Crippen molar-refractivity contribution in [3.05, 3.63) is 70.8 Å². The van der Waals surface area contributed by atoms with E-state index in [4.69, 9.17) is 34.3 Å². The topological polar surface area (TPSA) is 486 Å². The van der Waals surface area contributed by atoms with Gasteiger partial charge < -0.3 is 96.8 Å². The number of fused-ring (bicyclic) bond motifs is 6. The maximum atomic E-state index is 14.9. The van der Waals surface area contributed by atoms with Crippen LogP contribution in [0.4, 0.5) is 5.69 Å². The van der Waals surface area contributed by atoms with Gasteiger partial charge in [-0.3, -0.25) is 63.2 Å². The van der Waals surface area contributed by atoms with Crippen molar-refractivity contribution in [1.82, 2.24) is 36.8 Å². The molecule has 7 aliphatic rings. The van der Waals surface area contributed by atoms with Gasteiger partial charge >= 0.3 is 0 Å². The fourth-order valence-electron chi connectivity index (χ4n) is 18.0. The van der Waals surface area contributed by atoms with Crippen LogP contribution in [0.5, 0.6) is 5.75 Å². The number of phenolic OH excluding ortho intramolecular Hbond substituents is 1. The number of aromatic hydroxyl groups is 1. The molecule has 1 unspecified atom stereocenters. The normalized spacial score (nSPS) is 28.3. The monoisotopic (exact) mass is 1610 g/mol. The predicted octanol–water partition coefficient (Wildman–Crippen LogP) is 1.87. The Kier molecular flexibility index (Phi) is 32.9. The number of aliphatic imine (C=N–C) groups is 1.